The van der Waals surface area contributed by atoms with Gasteiger partial charge in [-0.25, -0.2) is 0 Å². The molecule has 0 saturated heterocycles. The van der Waals surface area contributed by atoms with Crippen LogP contribution in [0.3, 0.4) is 0 Å². The molecule has 2 heterocycles. The van der Waals surface area contributed by atoms with Crippen LogP contribution >= 0.6 is 46.4 Å². The SMILES string of the molecule is CC(C)(C)c1ccc2c(-c3nccc4ccccc34)c([O-])c(C(C)(C)C)cc2c1.CC(C)(C)c1ccc2c(-c3nccc4ccccc34)c([O-])c(C(C)(C)C)cc2c1.ClCCl.ClCCl.[Zn+2]. The summed E-state index contributed by atoms with van der Waals surface area (Å²) >= 11 is 19.1. The number of aromatic nitrogens is 2. The fraction of sp³-hybridized carbons (Fsp3) is 0.321. The zero-order valence-electron chi connectivity index (χ0n) is 39.9. The molecule has 8 aromatic rings. The van der Waals surface area contributed by atoms with Crippen molar-refractivity contribution in [1.82, 2.24) is 9.97 Å². The predicted molar refractivity (Wildman–Crippen MR) is 276 cm³/mol. The van der Waals surface area contributed by atoms with Crippen LogP contribution in [0.2, 0.25) is 0 Å². The van der Waals surface area contributed by atoms with Crippen LogP contribution in [0.5, 0.6) is 11.5 Å². The summed E-state index contributed by atoms with van der Waals surface area (Å²) in [5, 5.41) is 36.2. The summed E-state index contributed by atoms with van der Waals surface area (Å²) in [7, 11) is 0. The Bertz CT molecular complexity index is 2700. The molecule has 0 aliphatic heterocycles. The van der Waals surface area contributed by atoms with Gasteiger partial charge in [0.2, 0.25) is 0 Å². The van der Waals surface area contributed by atoms with Gasteiger partial charge in [0.1, 0.15) is 0 Å². The van der Waals surface area contributed by atoms with Crippen molar-refractivity contribution in [3.05, 3.63) is 144 Å². The molecule has 6 aromatic carbocycles. The number of hydrogen-bond acceptors (Lipinski definition) is 4. The third-order valence-electron chi connectivity index (χ3n) is 11.4. The van der Waals surface area contributed by atoms with Crippen LogP contribution in [0.4, 0.5) is 0 Å². The number of nitrogens with zero attached hydrogens (tertiary/aromatic N) is 2. The standard InChI is InChI=1S/2C27H29NO.2CH2Cl2.Zn/c2*1-26(2,3)19-11-12-20-18(15-19)16-22(27(4,5)6)25(29)23(20)24-21-10-8-7-9-17(21)13-14-28-24;2*2-1-3;/h2*7-16,29H,1-6H3;2*1H2;/q;;;;+2/p-2. The van der Waals surface area contributed by atoms with Crippen LogP contribution < -0.4 is 10.2 Å². The van der Waals surface area contributed by atoms with Crippen LogP contribution in [-0.4, -0.2) is 20.6 Å². The monoisotopic (exact) mass is 996 g/mol. The molecule has 65 heavy (non-hydrogen) atoms. The molecule has 9 heteroatoms. The van der Waals surface area contributed by atoms with Gasteiger partial charge in [0.25, 0.3) is 0 Å². The summed E-state index contributed by atoms with van der Waals surface area (Å²) < 4.78 is 0. The van der Waals surface area contributed by atoms with Gasteiger partial charge in [-0.15, -0.1) is 46.4 Å². The van der Waals surface area contributed by atoms with Gasteiger partial charge < -0.3 is 10.2 Å². The van der Waals surface area contributed by atoms with Gasteiger partial charge in [-0.05, 0) is 88.4 Å². The third kappa shape index (κ3) is 12.3. The minimum atomic E-state index is -0.248. The topological polar surface area (TPSA) is 71.9 Å². The molecule has 0 bridgehead atoms. The van der Waals surface area contributed by atoms with Gasteiger partial charge in [-0.3, -0.25) is 9.97 Å². The molecule has 0 fully saturated rings. The summed E-state index contributed by atoms with van der Waals surface area (Å²) in [5.41, 5.74) is 6.76. The van der Waals surface area contributed by atoms with Crippen LogP contribution in [0.25, 0.3) is 65.6 Å². The third-order valence-corrected chi connectivity index (χ3v) is 11.4. The summed E-state index contributed by atoms with van der Waals surface area (Å²) in [6.07, 6.45) is 3.60. The van der Waals surface area contributed by atoms with Gasteiger partial charge >= 0.3 is 19.5 Å². The number of fused-ring (bicyclic) bond motifs is 4. The van der Waals surface area contributed by atoms with E-state index in [9.17, 15) is 10.2 Å². The van der Waals surface area contributed by atoms with Gasteiger partial charge in [0, 0.05) is 34.3 Å². The van der Waals surface area contributed by atoms with Gasteiger partial charge in [0.15, 0.2) is 0 Å². The number of hydrogen-bond donors (Lipinski definition) is 0. The number of alkyl halides is 4. The Morgan fingerprint density at radius 3 is 1.03 bits per heavy atom. The smallest absolute Gasteiger partial charge is 0.872 e. The quantitative estimate of drug-likeness (QED) is 0.128. The van der Waals surface area contributed by atoms with Crippen molar-refractivity contribution in [2.45, 2.75) is 105 Å². The maximum atomic E-state index is 13.7. The molecule has 0 spiro atoms. The second-order valence-corrected chi connectivity index (χ2v) is 21.7. The van der Waals surface area contributed by atoms with E-state index in [1.165, 1.54) is 11.1 Å². The number of rotatable bonds is 2. The molecular formula is C56H60Cl4N2O2Zn. The Morgan fingerprint density at radius 2 is 0.723 bits per heavy atom. The van der Waals surface area contributed by atoms with E-state index in [1.54, 1.807) is 12.4 Å². The van der Waals surface area contributed by atoms with E-state index in [1.807, 2.05) is 36.4 Å². The summed E-state index contributed by atoms with van der Waals surface area (Å²) in [6, 6.07) is 37.4. The Balaban J connectivity index is 0.000000251. The van der Waals surface area contributed by atoms with E-state index in [4.69, 9.17) is 46.4 Å². The van der Waals surface area contributed by atoms with Crippen molar-refractivity contribution in [2.24, 2.45) is 0 Å². The largest absolute Gasteiger partial charge is 2.00 e. The fourth-order valence-electron chi connectivity index (χ4n) is 7.93. The van der Waals surface area contributed by atoms with Crippen molar-refractivity contribution in [1.29, 1.82) is 0 Å². The molecule has 2 aromatic heterocycles. The van der Waals surface area contributed by atoms with Gasteiger partial charge in [-0.2, -0.15) is 0 Å². The molecule has 0 N–H and O–H groups in total. The number of benzene rings is 6. The Hall–Kier alpha value is -3.96. The minimum Gasteiger partial charge on any atom is -0.872 e. The van der Waals surface area contributed by atoms with Crippen molar-refractivity contribution in [2.75, 3.05) is 10.7 Å². The summed E-state index contributed by atoms with van der Waals surface area (Å²) in [4.78, 5) is 9.36. The van der Waals surface area contributed by atoms with Crippen molar-refractivity contribution in [3.63, 3.8) is 0 Å². The first-order valence-electron chi connectivity index (χ1n) is 21.5. The van der Waals surface area contributed by atoms with E-state index < -0.39 is 0 Å². The molecule has 336 valence electrons. The molecule has 0 unspecified atom stereocenters. The molecule has 0 saturated carbocycles. The molecule has 0 amide bonds. The average molecular weight is 1000 g/mol. The zero-order valence-corrected chi connectivity index (χ0v) is 45.9. The maximum absolute atomic E-state index is 13.7. The molecule has 0 radical (unpaired) electrons. The number of halogens is 4. The Kier molecular flexibility index (Phi) is 18.0. The Labute approximate surface area is 419 Å². The second kappa shape index (κ2) is 21.8. The van der Waals surface area contributed by atoms with E-state index in [-0.39, 0.29) is 63.3 Å². The fourth-order valence-corrected chi connectivity index (χ4v) is 7.93. The van der Waals surface area contributed by atoms with Gasteiger partial charge in [-0.1, -0.05) is 192 Å². The zero-order chi connectivity index (χ0) is 47.4. The van der Waals surface area contributed by atoms with Crippen molar-refractivity contribution in [3.8, 4) is 34.0 Å². The summed E-state index contributed by atoms with van der Waals surface area (Å²) in [6.45, 7) is 25.9. The normalized spacial score (nSPS) is 11.8. The van der Waals surface area contributed by atoms with Crippen LogP contribution in [0.15, 0.2) is 122 Å². The van der Waals surface area contributed by atoms with Crippen molar-refractivity contribution >= 4 is 89.5 Å². The average Bonchev–Trinajstić information content (AvgIpc) is 3.22. The molecule has 0 aliphatic carbocycles. The second-order valence-electron chi connectivity index (χ2n) is 20.1. The van der Waals surface area contributed by atoms with Crippen LogP contribution in [0, 0.1) is 0 Å². The molecular weight excluding hydrogens is 940 g/mol. The van der Waals surface area contributed by atoms with E-state index in [2.05, 4.69) is 166 Å². The van der Waals surface area contributed by atoms with Crippen LogP contribution in [0.1, 0.15) is 105 Å². The van der Waals surface area contributed by atoms with Crippen molar-refractivity contribution < 1.29 is 29.7 Å². The first-order valence-corrected chi connectivity index (χ1v) is 23.6. The Morgan fingerprint density at radius 1 is 0.400 bits per heavy atom. The van der Waals surface area contributed by atoms with Gasteiger partial charge in [0.05, 0.1) is 22.1 Å². The molecule has 0 atom stereocenters. The first kappa shape index (κ1) is 53.7. The number of pyridine rings is 2. The predicted octanol–water partition coefficient (Wildman–Crippen LogP) is 16.3. The summed E-state index contributed by atoms with van der Waals surface area (Å²) in [5.74, 6) is 0.162. The molecule has 0 aliphatic rings. The first-order chi connectivity index (χ1) is 30.0. The maximum Gasteiger partial charge on any atom is 2.00 e. The van der Waals surface area contributed by atoms with E-state index in [0.29, 0.717) is 11.1 Å². The van der Waals surface area contributed by atoms with E-state index in [0.717, 1.165) is 65.6 Å². The van der Waals surface area contributed by atoms with Crippen LogP contribution in [-0.2, 0) is 41.1 Å². The molecule has 8 rings (SSSR count). The van der Waals surface area contributed by atoms with E-state index >= 15 is 0 Å². The molecule has 4 nitrogen and oxygen atoms in total. The minimum absolute atomic E-state index is 0.